The standard InChI is InChI=1S/C19H22F2N4/c20-15-9-14(10-16(21)11-15)12-24-7-4-18(5-8-24)25(17-1-2-17)19-3-6-22-13-23-19/h3,6,9-11,13,17-18H,1-2,4-5,7-8,12H2. The largest absolute Gasteiger partial charge is 0.350 e. The fourth-order valence-corrected chi connectivity index (χ4v) is 3.78. The third-order valence-corrected chi connectivity index (χ3v) is 5.05. The second-order valence-corrected chi connectivity index (χ2v) is 6.99. The van der Waals surface area contributed by atoms with Crippen LogP contribution in [0.5, 0.6) is 0 Å². The van der Waals surface area contributed by atoms with Gasteiger partial charge in [0.05, 0.1) is 0 Å². The zero-order valence-corrected chi connectivity index (χ0v) is 14.1. The number of hydrogen-bond donors (Lipinski definition) is 0. The Balaban J connectivity index is 1.39. The Hall–Kier alpha value is -2.08. The van der Waals surface area contributed by atoms with Crippen molar-refractivity contribution in [1.29, 1.82) is 0 Å². The molecule has 0 amide bonds. The molecule has 0 atom stereocenters. The van der Waals surface area contributed by atoms with Gasteiger partial charge < -0.3 is 4.90 Å². The van der Waals surface area contributed by atoms with Crippen LogP contribution in [0, 0.1) is 11.6 Å². The number of aromatic nitrogens is 2. The van der Waals surface area contributed by atoms with Gasteiger partial charge in [-0.05, 0) is 49.4 Å². The van der Waals surface area contributed by atoms with Gasteiger partial charge in [0.15, 0.2) is 0 Å². The highest BCUT2D eigenvalue weighted by Gasteiger charge is 2.36. The van der Waals surface area contributed by atoms with Crippen molar-refractivity contribution in [1.82, 2.24) is 14.9 Å². The van der Waals surface area contributed by atoms with E-state index in [1.54, 1.807) is 12.5 Å². The molecule has 2 heterocycles. The van der Waals surface area contributed by atoms with E-state index in [1.165, 1.54) is 25.0 Å². The average molecular weight is 344 g/mol. The summed E-state index contributed by atoms with van der Waals surface area (Å²) in [6.45, 7) is 2.45. The molecular formula is C19H22F2N4. The lowest BCUT2D eigenvalue weighted by atomic mass is 10.0. The molecule has 0 unspecified atom stereocenters. The number of likely N-dealkylation sites (tertiary alicyclic amines) is 1. The Morgan fingerprint density at radius 1 is 1.00 bits per heavy atom. The highest BCUT2D eigenvalue weighted by molar-refractivity contribution is 5.41. The first-order valence-electron chi connectivity index (χ1n) is 8.91. The lowest BCUT2D eigenvalue weighted by Gasteiger charge is -2.39. The first-order valence-corrected chi connectivity index (χ1v) is 8.91. The molecule has 1 aromatic carbocycles. The molecule has 0 N–H and O–H groups in total. The molecule has 1 saturated heterocycles. The minimum Gasteiger partial charge on any atom is -0.350 e. The van der Waals surface area contributed by atoms with Crippen LogP contribution in [-0.2, 0) is 6.54 Å². The summed E-state index contributed by atoms with van der Waals surface area (Å²) in [4.78, 5) is 13.2. The van der Waals surface area contributed by atoms with Crippen molar-refractivity contribution in [3.63, 3.8) is 0 Å². The summed E-state index contributed by atoms with van der Waals surface area (Å²) in [5, 5.41) is 0. The summed E-state index contributed by atoms with van der Waals surface area (Å²) in [7, 11) is 0. The fourth-order valence-electron chi connectivity index (χ4n) is 3.78. The second-order valence-electron chi connectivity index (χ2n) is 6.99. The van der Waals surface area contributed by atoms with Gasteiger partial charge in [0.2, 0.25) is 0 Å². The molecule has 6 heteroatoms. The molecule has 2 fully saturated rings. The van der Waals surface area contributed by atoms with Crippen LogP contribution in [0.3, 0.4) is 0 Å². The van der Waals surface area contributed by atoms with Gasteiger partial charge in [0.25, 0.3) is 0 Å². The fraction of sp³-hybridized carbons (Fsp3) is 0.474. The van der Waals surface area contributed by atoms with E-state index in [9.17, 15) is 8.78 Å². The van der Waals surface area contributed by atoms with E-state index >= 15 is 0 Å². The van der Waals surface area contributed by atoms with Gasteiger partial charge in [-0.3, -0.25) is 4.90 Å². The lowest BCUT2D eigenvalue weighted by molar-refractivity contribution is 0.200. The number of piperidine rings is 1. The molecule has 25 heavy (non-hydrogen) atoms. The molecule has 0 spiro atoms. The molecule has 2 aliphatic rings. The first kappa shape index (κ1) is 16.4. The summed E-state index contributed by atoms with van der Waals surface area (Å²) < 4.78 is 26.7. The number of halogens is 2. The molecule has 1 saturated carbocycles. The monoisotopic (exact) mass is 344 g/mol. The molecule has 1 aliphatic heterocycles. The Morgan fingerprint density at radius 3 is 2.28 bits per heavy atom. The van der Waals surface area contributed by atoms with Crippen molar-refractivity contribution in [2.75, 3.05) is 18.0 Å². The summed E-state index contributed by atoms with van der Waals surface area (Å²) in [5.74, 6) is 0.00487. The van der Waals surface area contributed by atoms with Gasteiger partial charge in [-0.25, -0.2) is 18.7 Å². The molecule has 4 nitrogen and oxygen atoms in total. The van der Waals surface area contributed by atoms with Gasteiger partial charge in [-0.15, -0.1) is 0 Å². The van der Waals surface area contributed by atoms with Gasteiger partial charge in [-0.2, -0.15) is 0 Å². The van der Waals surface area contributed by atoms with E-state index in [-0.39, 0.29) is 0 Å². The van der Waals surface area contributed by atoms with Crippen LogP contribution in [0.1, 0.15) is 31.2 Å². The number of rotatable bonds is 5. The van der Waals surface area contributed by atoms with Gasteiger partial charge in [0.1, 0.15) is 23.8 Å². The zero-order chi connectivity index (χ0) is 17.2. The Morgan fingerprint density at radius 2 is 1.68 bits per heavy atom. The van der Waals surface area contributed by atoms with Crippen molar-refractivity contribution in [2.45, 2.75) is 44.3 Å². The predicted molar refractivity (Wildman–Crippen MR) is 92.2 cm³/mol. The predicted octanol–water partition coefficient (Wildman–Crippen LogP) is 3.39. The summed E-state index contributed by atoms with van der Waals surface area (Å²) in [5.41, 5.74) is 0.700. The van der Waals surface area contributed by atoms with Crippen molar-refractivity contribution in [3.05, 3.63) is 54.0 Å². The third kappa shape index (κ3) is 3.95. The maximum Gasteiger partial charge on any atom is 0.132 e. The normalized spacial score (nSPS) is 19.1. The minimum absolute atomic E-state index is 0.475. The second kappa shape index (κ2) is 7.04. The molecule has 1 aromatic heterocycles. The highest BCUT2D eigenvalue weighted by Crippen LogP contribution is 2.35. The molecule has 2 aromatic rings. The van der Waals surface area contributed by atoms with E-state index < -0.39 is 11.6 Å². The number of benzene rings is 1. The SMILES string of the molecule is Fc1cc(F)cc(CN2CCC(N(c3ccncn3)C3CC3)CC2)c1. The van der Waals surface area contributed by atoms with E-state index in [2.05, 4.69) is 19.8 Å². The van der Waals surface area contributed by atoms with Crippen LogP contribution in [0.4, 0.5) is 14.6 Å². The first-order chi connectivity index (χ1) is 12.2. The van der Waals surface area contributed by atoms with Crippen LogP contribution in [0.25, 0.3) is 0 Å². The minimum atomic E-state index is -0.506. The number of anilines is 1. The van der Waals surface area contributed by atoms with Crippen LogP contribution in [-0.4, -0.2) is 40.0 Å². The summed E-state index contributed by atoms with van der Waals surface area (Å²) in [6.07, 6.45) is 7.94. The maximum atomic E-state index is 13.4. The number of nitrogens with zero attached hydrogens (tertiary/aromatic N) is 4. The smallest absolute Gasteiger partial charge is 0.132 e. The van der Waals surface area contributed by atoms with Crippen LogP contribution < -0.4 is 4.90 Å². The van der Waals surface area contributed by atoms with Crippen molar-refractivity contribution in [3.8, 4) is 0 Å². The molecule has 132 valence electrons. The zero-order valence-electron chi connectivity index (χ0n) is 14.1. The molecule has 4 rings (SSSR count). The van der Waals surface area contributed by atoms with E-state index in [1.807, 2.05) is 6.07 Å². The van der Waals surface area contributed by atoms with Crippen molar-refractivity contribution >= 4 is 5.82 Å². The molecular weight excluding hydrogens is 322 g/mol. The highest BCUT2D eigenvalue weighted by atomic mass is 19.1. The van der Waals surface area contributed by atoms with E-state index in [0.717, 1.165) is 37.8 Å². The quantitative estimate of drug-likeness (QED) is 0.832. The Labute approximate surface area is 146 Å². The van der Waals surface area contributed by atoms with Crippen molar-refractivity contribution in [2.24, 2.45) is 0 Å². The molecule has 0 radical (unpaired) electrons. The third-order valence-electron chi connectivity index (χ3n) is 5.05. The number of hydrogen-bond acceptors (Lipinski definition) is 4. The average Bonchev–Trinajstić information content (AvgIpc) is 3.42. The van der Waals surface area contributed by atoms with Gasteiger partial charge >= 0.3 is 0 Å². The molecule has 1 aliphatic carbocycles. The van der Waals surface area contributed by atoms with E-state index in [0.29, 0.717) is 24.2 Å². The Kier molecular flexibility index (Phi) is 4.61. The summed E-state index contributed by atoms with van der Waals surface area (Å²) in [6, 6.07) is 6.83. The lowest BCUT2D eigenvalue weighted by Crippen LogP contribution is -2.46. The maximum absolute atomic E-state index is 13.4. The molecule has 0 bridgehead atoms. The van der Waals surface area contributed by atoms with Crippen LogP contribution in [0.2, 0.25) is 0 Å². The summed E-state index contributed by atoms with van der Waals surface area (Å²) >= 11 is 0. The topological polar surface area (TPSA) is 32.3 Å². The van der Waals surface area contributed by atoms with E-state index in [4.69, 9.17) is 0 Å². The van der Waals surface area contributed by atoms with Gasteiger partial charge in [0, 0.05) is 44.0 Å². The van der Waals surface area contributed by atoms with Crippen molar-refractivity contribution < 1.29 is 8.78 Å². The van der Waals surface area contributed by atoms with Gasteiger partial charge in [-0.1, -0.05) is 0 Å². The van der Waals surface area contributed by atoms with Crippen LogP contribution >= 0.6 is 0 Å². The Bertz CT molecular complexity index is 692. The van der Waals surface area contributed by atoms with Crippen LogP contribution in [0.15, 0.2) is 36.8 Å².